The van der Waals surface area contributed by atoms with Crippen molar-refractivity contribution in [1.29, 1.82) is 0 Å². The Kier molecular flexibility index (Phi) is 5.95. The first kappa shape index (κ1) is 19.5. The molecule has 0 aliphatic heterocycles. The van der Waals surface area contributed by atoms with Crippen molar-refractivity contribution in [3.05, 3.63) is 34.7 Å². The number of aliphatic carboxylic acids is 1. The quantitative estimate of drug-likeness (QED) is 0.752. The molecule has 2 N–H and O–H groups in total. The Morgan fingerprint density at radius 3 is 2.37 bits per heavy atom. The van der Waals surface area contributed by atoms with Gasteiger partial charge in [-0.15, -0.1) is 11.3 Å². The van der Waals surface area contributed by atoms with Gasteiger partial charge in [0.15, 0.2) is 5.13 Å². The van der Waals surface area contributed by atoms with Crippen LogP contribution in [0, 0.1) is 18.8 Å². The highest BCUT2D eigenvalue weighted by molar-refractivity contribution is 7.16. The summed E-state index contributed by atoms with van der Waals surface area (Å²) >= 11 is 1.43. The van der Waals surface area contributed by atoms with E-state index in [1.807, 2.05) is 6.92 Å². The van der Waals surface area contributed by atoms with Crippen LogP contribution in [0.5, 0.6) is 0 Å². The zero-order chi connectivity index (χ0) is 19.6. The van der Waals surface area contributed by atoms with Gasteiger partial charge in [0.2, 0.25) is 5.91 Å². The molecule has 5 nitrogen and oxygen atoms in total. The average molecular weight is 387 g/mol. The van der Waals surface area contributed by atoms with E-state index in [1.165, 1.54) is 16.9 Å². The monoisotopic (exact) mass is 386 g/mol. The number of carboxylic acid groups (broad SMARTS) is 1. The van der Waals surface area contributed by atoms with Crippen LogP contribution in [-0.2, 0) is 9.59 Å². The maximum Gasteiger partial charge on any atom is 0.307 e. The van der Waals surface area contributed by atoms with Gasteiger partial charge in [-0.25, -0.2) is 4.98 Å². The van der Waals surface area contributed by atoms with E-state index in [2.05, 4.69) is 48.4 Å². The SMILES string of the molecule is Cc1sc(NC(=O)[C@H]2CCCC[C@H]2C(=O)O)nc1-c1ccc(C(C)C)cc1. The molecular formula is C21H26N2O3S. The fourth-order valence-electron chi connectivity index (χ4n) is 3.68. The van der Waals surface area contributed by atoms with E-state index in [-0.39, 0.29) is 5.91 Å². The van der Waals surface area contributed by atoms with E-state index in [9.17, 15) is 14.7 Å². The van der Waals surface area contributed by atoms with Gasteiger partial charge < -0.3 is 10.4 Å². The summed E-state index contributed by atoms with van der Waals surface area (Å²) in [5, 5.41) is 12.8. The van der Waals surface area contributed by atoms with Crippen LogP contribution >= 0.6 is 11.3 Å². The smallest absolute Gasteiger partial charge is 0.307 e. The first-order valence-electron chi connectivity index (χ1n) is 9.48. The second-order valence-corrected chi connectivity index (χ2v) is 8.73. The molecule has 1 aromatic carbocycles. The number of nitrogens with one attached hydrogen (secondary N) is 1. The van der Waals surface area contributed by atoms with E-state index < -0.39 is 17.8 Å². The number of rotatable bonds is 5. The van der Waals surface area contributed by atoms with Gasteiger partial charge in [-0.05, 0) is 31.2 Å². The molecular weight excluding hydrogens is 360 g/mol. The molecule has 1 aliphatic carbocycles. The first-order valence-corrected chi connectivity index (χ1v) is 10.3. The molecule has 144 valence electrons. The number of carbonyl (C=O) groups is 2. The van der Waals surface area contributed by atoms with E-state index >= 15 is 0 Å². The predicted molar refractivity (Wildman–Crippen MR) is 108 cm³/mol. The van der Waals surface area contributed by atoms with Gasteiger partial charge >= 0.3 is 5.97 Å². The minimum Gasteiger partial charge on any atom is -0.481 e. The Bertz CT molecular complexity index is 826. The van der Waals surface area contributed by atoms with E-state index in [0.29, 0.717) is 23.9 Å². The molecule has 0 radical (unpaired) electrons. The fraction of sp³-hybridized carbons (Fsp3) is 0.476. The number of hydrogen-bond donors (Lipinski definition) is 2. The van der Waals surface area contributed by atoms with Crippen molar-refractivity contribution in [1.82, 2.24) is 4.98 Å². The molecule has 1 amide bonds. The largest absolute Gasteiger partial charge is 0.481 e. The number of aryl methyl sites for hydroxylation is 1. The molecule has 0 spiro atoms. The van der Waals surface area contributed by atoms with Crippen molar-refractivity contribution in [2.45, 2.75) is 52.4 Å². The molecule has 1 fully saturated rings. The summed E-state index contributed by atoms with van der Waals surface area (Å²) < 4.78 is 0. The minimum absolute atomic E-state index is 0.224. The Balaban J connectivity index is 1.76. The number of benzene rings is 1. The van der Waals surface area contributed by atoms with E-state index in [0.717, 1.165) is 29.0 Å². The number of aromatic nitrogens is 1. The summed E-state index contributed by atoms with van der Waals surface area (Å²) in [5.74, 6) is -1.70. The molecule has 1 aliphatic rings. The summed E-state index contributed by atoms with van der Waals surface area (Å²) in [5.41, 5.74) is 3.16. The van der Waals surface area contributed by atoms with Gasteiger partial charge in [0, 0.05) is 10.4 Å². The Hall–Kier alpha value is -2.21. The van der Waals surface area contributed by atoms with Crippen molar-refractivity contribution >= 4 is 28.3 Å². The lowest BCUT2D eigenvalue weighted by molar-refractivity contribution is -0.147. The number of carboxylic acids is 1. The van der Waals surface area contributed by atoms with Crippen molar-refractivity contribution in [3.63, 3.8) is 0 Å². The molecule has 1 heterocycles. The number of hydrogen-bond acceptors (Lipinski definition) is 4. The van der Waals surface area contributed by atoms with Crippen LogP contribution in [0.4, 0.5) is 5.13 Å². The fourth-order valence-corrected chi connectivity index (χ4v) is 4.52. The molecule has 1 aromatic heterocycles. The topological polar surface area (TPSA) is 79.3 Å². The Morgan fingerprint density at radius 2 is 1.78 bits per heavy atom. The molecule has 0 bridgehead atoms. The second-order valence-electron chi connectivity index (χ2n) is 7.53. The van der Waals surface area contributed by atoms with Crippen LogP contribution in [0.15, 0.2) is 24.3 Å². The summed E-state index contributed by atoms with van der Waals surface area (Å²) in [6.45, 7) is 6.30. The summed E-state index contributed by atoms with van der Waals surface area (Å²) in [6, 6.07) is 8.34. The Morgan fingerprint density at radius 1 is 1.15 bits per heavy atom. The van der Waals surface area contributed by atoms with Crippen LogP contribution < -0.4 is 5.32 Å². The van der Waals surface area contributed by atoms with Crippen LogP contribution in [0.2, 0.25) is 0 Å². The molecule has 0 unspecified atom stereocenters. The third-order valence-electron chi connectivity index (χ3n) is 5.30. The van der Waals surface area contributed by atoms with E-state index in [1.54, 1.807) is 0 Å². The van der Waals surface area contributed by atoms with Gasteiger partial charge in [-0.3, -0.25) is 9.59 Å². The summed E-state index contributed by atoms with van der Waals surface area (Å²) in [4.78, 5) is 29.7. The van der Waals surface area contributed by atoms with Gasteiger partial charge in [-0.1, -0.05) is 51.0 Å². The van der Waals surface area contributed by atoms with Crippen molar-refractivity contribution in [2.24, 2.45) is 11.8 Å². The maximum absolute atomic E-state index is 12.7. The molecule has 3 rings (SSSR count). The molecule has 27 heavy (non-hydrogen) atoms. The molecule has 0 saturated heterocycles. The third-order valence-corrected chi connectivity index (χ3v) is 6.18. The molecule has 1 saturated carbocycles. The minimum atomic E-state index is -0.879. The highest BCUT2D eigenvalue weighted by atomic mass is 32.1. The van der Waals surface area contributed by atoms with Gasteiger partial charge in [-0.2, -0.15) is 0 Å². The lowest BCUT2D eigenvalue weighted by atomic mass is 9.79. The highest BCUT2D eigenvalue weighted by Gasteiger charge is 2.36. The number of thiazole rings is 1. The van der Waals surface area contributed by atoms with Crippen LogP contribution in [0.1, 0.15) is 55.9 Å². The number of anilines is 1. The lowest BCUT2D eigenvalue weighted by Gasteiger charge is -2.26. The van der Waals surface area contributed by atoms with Crippen LogP contribution in [0.3, 0.4) is 0 Å². The summed E-state index contributed by atoms with van der Waals surface area (Å²) in [7, 11) is 0. The van der Waals surface area contributed by atoms with E-state index in [4.69, 9.17) is 0 Å². The van der Waals surface area contributed by atoms with Gasteiger partial charge in [0.1, 0.15) is 0 Å². The van der Waals surface area contributed by atoms with Crippen molar-refractivity contribution < 1.29 is 14.7 Å². The first-order chi connectivity index (χ1) is 12.9. The summed E-state index contributed by atoms with van der Waals surface area (Å²) in [6.07, 6.45) is 2.95. The molecule has 2 aromatic rings. The predicted octanol–water partition coefficient (Wildman–Crippen LogP) is 5.07. The maximum atomic E-state index is 12.7. The number of nitrogens with zero attached hydrogens (tertiary/aromatic N) is 1. The highest BCUT2D eigenvalue weighted by Crippen LogP contribution is 2.34. The van der Waals surface area contributed by atoms with Gasteiger partial charge in [0.05, 0.1) is 17.5 Å². The zero-order valence-electron chi connectivity index (χ0n) is 16.0. The number of amides is 1. The lowest BCUT2D eigenvalue weighted by Crippen LogP contribution is -2.36. The Labute approximate surface area is 163 Å². The number of carbonyl (C=O) groups excluding carboxylic acids is 1. The molecule has 2 atom stereocenters. The van der Waals surface area contributed by atoms with Crippen molar-refractivity contribution in [3.8, 4) is 11.3 Å². The normalized spacial score (nSPS) is 19.9. The zero-order valence-corrected chi connectivity index (χ0v) is 16.8. The van der Waals surface area contributed by atoms with Gasteiger partial charge in [0.25, 0.3) is 0 Å². The second kappa shape index (κ2) is 8.21. The van der Waals surface area contributed by atoms with Crippen molar-refractivity contribution in [2.75, 3.05) is 5.32 Å². The van der Waals surface area contributed by atoms with Crippen LogP contribution in [0.25, 0.3) is 11.3 Å². The third kappa shape index (κ3) is 4.38. The standard InChI is InChI=1S/C21H26N2O3S/c1-12(2)14-8-10-15(11-9-14)18-13(3)27-21(22-18)23-19(24)16-6-4-5-7-17(16)20(25)26/h8-12,16-17H,4-7H2,1-3H3,(H,25,26)(H,22,23,24)/t16-,17+/m0/s1. The molecule has 6 heteroatoms. The average Bonchev–Trinajstić information content (AvgIpc) is 3.01. The van der Waals surface area contributed by atoms with Crippen LogP contribution in [-0.4, -0.2) is 22.0 Å².